The fourth-order valence-corrected chi connectivity index (χ4v) is 1.82. The molecule has 0 radical (unpaired) electrons. The Morgan fingerprint density at radius 2 is 2.23 bits per heavy atom. The van der Waals surface area contributed by atoms with Crippen LogP contribution in [-0.2, 0) is 12.6 Å². The first kappa shape index (κ1) is 18.0. The second-order valence-electron chi connectivity index (χ2n) is 4.89. The van der Waals surface area contributed by atoms with Gasteiger partial charge in [0.2, 0.25) is 5.60 Å². The molecular weight excluding hydrogens is 301 g/mol. The standard InChI is InChI=1S/C13H19F3N4O2/c1-4-9(2)19-11(21)18-6-5-12(22,13(14,15)16)10-17-7-8-20(10)3/h4,7-9,22H,1,5-6H2,2-3H3,(H2,18,19,21). The average Bonchev–Trinajstić information content (AvgIpc) is 2.83. The molecule has 0 saturated carbocycles. The molecule has 1 aromatic heterocycles. The third kappa shape index (κ3) is 4.00. The van der Waals surface area contributed by atoms with Gasteiger partial charge < -0.3 is 20.3 Å². The summed E-state index contributed by atoms with van der Waals surface area (Å²) in [5.74, 6) is -0.526. The monoisotopic (exact) mass is 320 g/mol. The van der Waals surface area contributed by atoms with E-state index in [2.05, 4.69) is 22.2 Å². The van der Waals surface area contributed by atoms with Gasteiger partial charge >= 0.3 is 12.2 Å². The first-order chi connectivity index (χ1) is 10.1. The lowest BCUT2D eigenvalue weighted by atomic mass is 9.97. The van der Waals surface area contributed by atoms with E-state index in [1.54, 1.807) is 6.92 Å². The number of imidazole rings is 1. The molecule has 0 bridgehead atoms. The summed E-state index contributed by atoms with van der Waals surface area (Å²) < 4.78 is 40.7. The van der Waals surface area contributed by atoms with Crippen LogP contribution in [0.1, 0.15) is 19.2 Å². The molecule has 2 atom stereocenters. The smallest absolute Gasteiger partial charge is 0.374 e. The van der Waals surface area contributed by atoms with E-state index in [0.29, 0.717) is 0 Å². The van der Waals surface area contributed by atoms with Crippen molar-refractivity contribution in [3.05, 3.63) is 30.9 Å². The van der Waals surface area contributed by atoms with E-state index in [1.165, 1.54) is 19.3 Å². The molecule has 3 N–H and O–H groups in total. The van der Waals surface area contributed by atoms with Crippen LogP contribution in [0.5, 0.6) is 0 Å². The number of nitrogens with zero attached hydrogens (tertiary/aromatic N) is 2. The van der Waals surface area contributed by atoms with Gasteiger partial charge in [0.1, 0.15) is 5.82 Å². The Balaban J connectivity index is 2.75. The Kier molecular flexibility index (Phi) is 5.59. The molecule has 0 fully saturated rings. The topological polar surface area (TPSA) is 79.2 Å². The molecule has 2 amide bonds. The lowest BCUT2D eigenvalue weighted by Crippen LogP contribution is -2.48. The lowest BCUT2D eigenvalue weighted by Gasteiger charge is -2.30. The summed E-state index contributed by atoms with van der Waals surface area (Å²) in [6.07, 6.45) is -1.73. The van der Waals surface area contributed by atoms with Gasteiger partial charge in [0.15, 0.2) is 0 Å². The van der Waals surface area contributed by atoms with Crippen LogP contribution in [0.3, 0.4) is 0 Å². The zero-order valence-electron chi connectivity index (χ0n) is 12.3. The number of nitrogens with one attached hydrogen (secondary N) is 2. The van der Waals surface area contributed by atoms with Crippen LogP contribution < -0.4 is 10.6 Å². The summed E-state index contributed by atoms with van der Waals surface area (Å²) in [6.45, 7) is 4.75. The molecule has 1 rings (SSSR count). The van der Waals surface area contributed by atoms with Gasteiger partial charge in [0.05, 0.1) is 0 Å². The highest BCUT2D eigenvalue weighted by molar-refractivity contribution is 5.74. The minimum absolute atomic E-state index is 0.323. The van der Waals surface area contributed by atoms with E-state index in [9.17, 15) is 23.1 Å². The van der Waals surface area contributed by atoms with Crippen LogP contribution in [0, 0.1) is 0 Å². The number of hydrogen-bond donors (Lipinski definition) is 3. The Labute approximate surface area is 126 Å². The van der Waals surface area contributed by atoms with Gasteiger partial charge in [-0.3, -0.25) is 0 Å². The second-order valence-corrected chi connectivity index (χ2v) is 4.89. The number of rotatable bonds is 6. The number of carbonyl (C=O) groups excluding carboxylic acids is 1. The Morgan fingerprint density at radius 1 is 1.59 bits per heavy atom. The molecule has 0 aromatic carbocycles. The molecule has 0 aliphatic carbocycles. The van der Waals surface area contributed by atoms with Crippen LogP contribution in [-0.4, -0.2) is 39.5 Å². The third-order valence-corrected chi connectivity index (χ3v) is 3.14. The summed E-state index contributed by atoms with van der Waals surface area (Å²) in [5, 5.41) is 14.7. The number of halogens is 3. The van der Waals surface area contributed by atoms with E-state index in [4.69, 9.17) is 0 Å². The molecule has 9 heteroatoms. The van der Waals surface area contributed by atoms with Gasteiger partial charge in [-0.25, -0.2) is 9.78 Å². The van der Waals surface area contributed by atoms with Crippen molar-refractivity contribution in [2.75, 3.05) is 6.54 Å². The summed E-state index contributed by atoms with van der Waals surface area (Å²) in [4.78, 5) is 15.0. The van der Waals surface area contributed by atoms with Crippen LogP contribution in [0.15, 0.2) is 25.0 Å². The quantitative estimate of drug-likeness (QED) is 0.694. The highest BCUT2D eigenvalue weighted by atomic mass is 19.4. The Hall–Kier alpha value is -2.03. The number of urea groups is 1. The average molecular weight is 320 g/mol. The SMILES string of the molecule is C=CC(C)NC(=O)NCCC(O)(c1nccn1C)C(F)(F)F. The second kappa shape index (κ2) is 6.82. The predicted octanol–water partition coefficient (Wildman–Crippen LogP) is 1.43. The number of hydrogen-bond acceptors (Lipinski definition) is 3. The van der Waals surface area contributed by atoms with Crippen LogP contribution in [0.4, 0.5) is 18.0 Å². The summed E-state index contributed by atoms with van der Waals surface area (Å²) in [5.41, 5.74) is -3.14. The fourth-order valence-electron chi connectivity index (χ4n) is 1.82. The summed E-state index contributed by atoms with van der Waals surface area (Å²) in [7, 11) is 1.35. The number of aryl methyl sites for hydroxylation is 1. The van der Waals surface area contributed by atoms with Crippen molar-refractivity contribution in [2.24, 2.45) is 7.05 Å². The third-order valence-electron chi connectivity index (χ3n) is 3.14. The van der Waals surface area contributed by atoms with Gasteiger partial charge in [-0.15, -0.1) is 6.58 Å². The first-order valence-electron chi connectivity index (χ1n) is 6.55. The predicted molar refractivity (Wildman–Crippen MR) is 74.0 cm³/mol. The zero-order valence-corrected chi connectivity index (χ0v) is 12.3. The number of alkyl halides is 3. The van der Waals surface area contributed by atoms with E-state index in [1.807, 2.05) is 0 Å². The number of amides is 2. The molecule has 1 heterocycles. The number of aliphatic hydroxyl groups is 1. The number of carbonyl (C=O) groups is 1. The maximum absolute atomic E-state index is 13.2. The van der Waals surface area contributed by atoms with Crippen LogP contribution in [0.2, 0.25) is 0 Å². The molecular formula is C13H19F3N4O2. The van der Waals surface area contributed by atoms with Crippen molar-refractivity contribution in [1.29, 1.82) is 0 Å². The van der Waals surface area contributed by atoms with Crippen molar-refractivity contribution in [3.63, 3.8) is 0 Å². The van der Waals surface area contributed by atoms with Crippen molar-refractivity contribution in [1.82, 2.24) is 20.2 Å². The van der Waals surface area contributed by atoms with Gasteiger partial charge in [-0.2, -0.15) is 13.2 Å². The van der Waals surface area contributed by atoms with Crippen molar-refractivity contribution >= 4 is 6.03 Å². The van der Waals surface area contributed by atoms with Gasteiger partial charge in [-0.05, 0) is 6.92 Å². The van der Waals surface area contributed by atoms with Crippen molar-refractivity contribution in [3.8, 4) is 0 Å². The summed E-state index contributed by atoms with van der Waals surface area (Å²) >= 11 is 0. The van der Waals surface area contributed by atoms with E-state index < -0.39 is 30.1 Å². The van der Waals surface area contributed by atoms with Crippen LogP contribution >= 0.6 is 0 Å². The Bertz CT molecular complexity index is 530. The number of aromatic nitrogens is 2. The fraction of sp³-hybridized carbons (Fsp3) is 0.538. The molecule has 0 saturated heterocycles. The van der Waals surface area contributed by atoms with Gasteiger partial charge in [-0.1, -0.05) is 6.08 Å². The van der Waals surface area contributed by atoms with E-state index in [0.717, 1.165) is 10.8 Å². The maximum Gasteiger partial charge on any atom is 0.424 e. The maximum atomic E-state index is 13.2. The van der Waals surface area contributed by atoms with Crippen LogP contribution in [0.25, 0.3) is 0 Å². The van der Waals surface area contributed by atoms with E-state index >= 15 is 0 Å². The molecule has 22 heavy (non-hydrogen) atoms. The molecule has 124 valence electrons. The van der Waals surface area contributed by atoms with Gasteiger partial charge in [0.25, 0.3) is 0 Å². The zero-order chi connectivity index (χ0) is 17.0. The molecule has 0 aliphatic heterocycles. The molecule has 0 spiro atoms. The minimum atomic E-state index is -4.92. The highest BCUT2D eigenvalue weighted by Crippen LogP contribution is 2.40. The lowest BCUT2D eigenvalue weighted by molar-refractivity contribution is -0.272. The molecule has 6 nitrogen and oxygen atoms in total. The van der Waals surface area contributed by atoms with Gasteiger partial charge in [0, 0.05) is 38.4 Å². The molecule has 2 unspecified atom stereocenters. The van der Waals surface area contributed by atoms with Crippen molar-refractivity contribution in [2.45, 2.75) is 31.2 Å². The van der Waals surface area contributed by atoms with Crippen molar-refractivity contribution < 1.29 is 23.1 Å². The minimum Gasteiger partial charge on any atom is -0.374 e. The largest absolute Gasteiger partial charge is 0.424 e. The highest BCUT2D eigenvalue weighted by Gasteiger charge is 2.57. The molecule has 0 aliphatic rings. The normalized spacial score (nSPS) is 15.7. The van der Waals surface area contributed by atoms with E-state index in [-0.39, 0.29) is 12.6 Å². The molecule has 1 aromatic rings. The Morgan fingerprint density at radius 3 is 2.68 bits per heavy atom. The first-order valence-corrected chi connectivity index (χ1v) is 6.55. The summed E-state index contributed by atoms with van der Waals surface area (Å²) in [6, 6.07) is -0.965.